The van der Waals surface area contributed by atoms with Gasteiger partial charge >= 0.3 is 0 Å². The summed E-state index contributed by atoms with van der Waals surface area (Å²) in [6, 6.07) is 11.2. The van der Waals surface area contributed by atoms with Crippen molar-refractivity contribution in [2.45, 2.75) is 13.8 Å². The highest BCUT2D eigenvalue weighted by Gasteiger charge is 2.15. The smallest absolute Gasteiger partial charge is 0.213 e. The van der Waals surface area contributed by atoms with E-state index >= 15 is 0 Å². The highest BCUT2D eigenvalue weighted by molar-refractivity contribution is 7.12. The van der Waals surface area contributed by atoms with Crippen molar-refractivity contribution in [1.29, 1.82) is 5.26 Å². The molecule has 0 N–H and O–H groups in total. The first-order valence-corrected chi connectivity index (χ1v) is 7.47. The standard InChI is InChI=1S/C17H15NO2S/c1-3-20-15-6-4-13(5-7-15)10-14(11-18)16(19)17-12(2)8-9-21-17/h4-10H,3H2,1-2H3/b14-10+. The SMILES string of the molecule is CCOc1ccc(/C=C(\C#N)C(=O)c2sccc2C)cc1. The molecule has 1 heterocycles. The number of hydrogen-bond acceptors (Lipinski definition) is 4. The summed E-state index contributed by atoms with van der Waals surface area (Å²) in [5.74, 6) is 0.549. The van der Waals surface area contributed by atoms with E-state index in [-0.39, 0.29) is 11.4 Å². The predicted molar refractivity (Wildman–Crippen MR) is 84.6 cm³/mol. The second kappa shape index (κ2) is 6.87. The number of nitrogens with zero attached hydrogens (tertiary/aromatic N) is 1. The number of carbonyl (C=O) groups excluding carboxylic acids is 1. The Bertz CT molecular complexity index is 705. The molecule has 1 aromatic heterocycles. The van der Waals surface area contributed by atoms with Crippen LogP contribution in [0.3, 0.4) is 0 Å². The van der Waals surface area contributed by atoms with Crippen LogP contribution in [-0.2, 0) is 0 Å². The van der Waals surface area contributed by atoms with Crippen molar-refractivity contribution in [3.63, 3.8) is 0 Å². The molecular formula is C17H15NO2S. The van der Waals surface area contributed by atoms with Crippen LogP contribution in [0.1, 0.15) is 27.7 Å². The minimum atomic E-state index is -0.223. The number of Topliss-reactive ketones (excluding diaryl/α,β-unsaturated/α-hetero) is 1. The lowest BCUT2D eigenvalue weighted by Crippen LogP contribution is -2.01. The molecule has 0 radical (unpaired) electrons. The first kappa shape index (κ1) is 15.0. The molecule has 21 heavy (non-hydrogen) atoms. The molecule has 0 aliphatic carbocycles. The Kier molecular flexibility index (Phi) is 4.91. The number of ketones is 1. The van der Waals surface area contributed by atoms with Gasteiger partial charge in [0, 0.05) is 0 Å². The third-order valence-electron chi connectivity index (χ3n) is 2.94. The van der Waals surface area contributed by atoms with Crippen molar-refractivity contribution in [2.75, 3.05) is 6.61 Å². The summed E-state index contributed by atoms with van der Waals surface area (Å²) < 4.78 is 5.36. The number of benzene rings is 1. The number of thiophene rings is 1. The molecule has 0 saturated carbocycles. The first-order chi connectivity index (χ1) is 10.2. The highest BCUT2D eigenvalue weighted by Crippen LogP contribution is 2.21. The highest BCUT2D eigenvalue weighted by atomic mass is 32.1. The number of aryl methyl sites for hydroxylation is 1. The zero-order chi connectivity index (χ0) is 15.2. The summed E-state index contributed by atoms with van der Waals surface area (Å²) >= 11 is 1.36. The van der Waals surface area contributed by atoms with Gasteiger partial charge in [-0.1, -0.05) is 12.1 Å². The van der Waals surface area contributed by atoms with Crippen LogP contribution < -0.4 is 4.74 Å². The van der Waals surface area contributed by atoms with Crippen molar-refractivity contribution in [3.8, 4) is 11.8 Å². The largest absolute Gasteiger partial charge is 0.494 e. The average Bonchev–Trinajstić information content (AvgIpc) is 2.92. The lowest BCUT2D eigenvalue weighted by Gasteiger charge is -2.03. The number of hydrogen-bond donors (Lipinski definition) is 0. The van der Waals surface area contributed by atoms with E-state index in [1.807, 2.05) is 55.6 Å². The zero-order valence-electron chi connectivity index (χ0n) is 11.9. The third kappa shape index (κ3) is 3.59. The second-order valence-electron chi connectivity index (χ2n) is 4.43. The normalized spacial score (nSPS) is 11.0. The van der Waals surface area contributed by atoms with Gasteiger partial charge in [0.25, 0.3) is 0 Å². The van der Waals surface area contributed by atoms with Crippen LogP contribution in [-0.4, -0.2) is 12.4 Å². The Balaban J connectivity index is 2.27. The topological polar surface area (TPSA) is 50.1 Å². The molecule has 2 aromatic rings. The lowest BCUT2D eigenvalue weighted by atomic mass is 10.1. The number of rotatable bonds is 5. The fourth-order valence-corrected chi connectivity index (χ4v) is 2.75. The molecule has 2 rings (SSSR count). The Morgan fingerprint density at radius 2 is 2.05 bits per heavy atom. The Labute approximate surface area is 128 Å². The van der Waals surface area contributed by atoms with Gasteiger partial charge in [0.05, 0.1) is 11.5 Å². The van der Waals surface area contributed by atoms with E-state index in [9.17, 15) is 10.1 Å². The summed E-state index contributed by atoms with van der Waals surface area (Å²) in [7, 11) is 0. The minimum absolute atomic E-state index is 0.143. The molecule has 0 amide bonds. The van der Waals surface area contributed by atoms with Gasteiger partial charge in [-0.15, -0.1) is 11.3 Å². The van der Waals surface area contributed by atoms with Gasteiger partial charge < -0.3 is 4.74 Å². The van der Waals surface area contributed by atoms with E-state index in [4.69, 9.17) is 4.74 Å². The van der Waals surface area contributed by atoms with Crippen LogP contribution in [0.25, 0.3) is 6.08 Å². The molecule has 0 aliphatic heterocycles. The maximum absolute atomic E-state index is 12.3. The van der Waals surface area contributed by atoms with Crippen LogP contribution in [0.15, 0.2) is 41.3 Å². The maximum Gasteiger partial charge on any atom is 0.213 e. The number of carbonyl (C=O) groups is 1. The van der Waals surface area contributed by atoms with Crippen LogP contribution in [0.4, 0.5) is 0 Å². The van der Waals surface area contributed by atoms with Gasteiger partial charge in [-0.25, -0.2) is 0 Å². The van der Waals surface area contributed by atoms with Crippen molar-refractivity contribution in [3.05, 3.63) is 57.3 Å². The summed E-state index contributed by atoms with van der Waals surface area (Å²) in [5, 5.41) is 11.1. The van der Waals surface area contributed by atoms with E-state index in [1.54, 1.807) is 6.08 Å². The van der Waals surface area contributed by atoms with Gasteiger partial charge in [0.1, 0.15) is 17.4 Å². The van der Waals surface area contributed by atoms with E-state index in [2.05, 4.69) is 0 Å². The van der Waals surface area contributed by atoms with Gasteiger partial charge in [-0.05, 0) is 54.6 Å². The van der Waals surface area contributed by atoms with E-state index in [1.165, 1.54) is 11.3 Å². The number of nitriles is 1. The van der Waals surface area contributed by atoms with Gasteiger partial charge in [-0.3, -0.25) is 4.79 Å². The van der Waals surface area contributed by atoms with Gasteiger partial charge in [0.2, 0.25) is 5.78 Å². The summed E-state index contributed by atoms with van der Waals surface area (Å²) in [6.45, 7) is 4.40. The van der Waals surface area contributed by atoms with E-state index in [0.717, 1.165) is 16.9 Å². The first-order valence-electron chi connectivity index (χ1n) is 6.59. The third-order valence-corrected chi connectivity index (χ3v) is 3.95. The fraction of sp³-hybridized carbons (Fsp3) is 0.176. The summed E-state index contributed by atoms with van der Waals surface area (Å²) in [4.78, 5) is 12.9. The Morgan fingerprint density at radius 1 is 1.33 bits per heavy atom. The molecular weight excluding hydrogens is 282 g/mol. The molecule has 0 bridgehead atoms. The van der Waals surface area contributed by atoms with E-state index in [0.29, 0.717) is 11.5 Å². The van der Waals surface area contributed by atoms with Gasteiger partial charge in [-0.2, -0.15) is 5.26 Å². The van der Waals surface area contributed by atoms with Crippen molar-refractivity contribution >= 4 is 23.2 Å². The quantitative estimate of drug-likeness (QED) is 0.471. The molecule has 0 spiro atoms. The molecule has 1 aromatic carbocycles. The second-order valence-corrected chi connectivity index (χ2v) is 5.35. The van der Waals surface area contributed by atoms with Crippen LogP contribution in [0, 0.1) is 18.3 Å². The zero-order valence-corrected chi connectivity index (χ0v) is 12.7. The molecule has 4 heteroatoms. The summed E-state index contributed by atoms with van der Waals surface area (Å²) in [6.07, 6.45) is 1.61. The molecule has 0 atom stereocenters. The molecule has 0 saturated heterocycles. The minimum Gasteiger partial charge on any atom is -0.494 e. The maximum atomic E-state index is 12.3. The lowest BCUT2D eigenvalue weighted by molar-refractivity contribution is 0.104. The van der Waals surface area contributed by atoms with Crippen molar-refractivity contribution in [1.82, 2.24) is 0 Å². The molecule has 0 fully saturated rings. The molecule has 106 valence electrons. The van der Waals surface area contributed by atoms with Crippen LogP contribution in [0.5, 0.6) is 5.75 Å². The number of ether oxygens (including phenoxy) is 1. The fourth-order valence-electron chi connectivity index (χ4n) is 1.87. The summed E-state index contributed by atoms with van der Waals surface area (Å²) in [5.41, 5.74) is 1.85. The average molecular weight is 297 g/mol. The molecule has 0 unspecified atom stereocenters. The van der Waals surface area contributed by atoms with Gasteiger partial charge in [0.15, 0.2) is 0 Å². The molecule has 3 nitrogen and oxygen atoms in total. The Morgan fingerprint density at radius 3 is 2.57 bits per heavy atom. The van der Waals surface area contributed by atoms with Crippen LogP contribution in [0.2, 0.25) is 0 Å². The predicted octanol–water partition coefficient (Wildman–Crippen LogP) is 4.25. The Hall–Kier alpha value is -2.38. The molecule has 0 aliphatic rings. The van der Waals surface area contributed by atoms with Crippen LogP contribution >= 0.6 is 11.3 Å². The van der Waals surface area contributed by atoms with Crippen molar-refractivity contribution < 1.29 is 9.53 Å². The van der Waals surface area contributed by atoms with Crippen molar-refractivity contribution in [2.24, 2.45) is 0 Å². The number of allylic oxidation sites excluding steroid dienone is 1. The van der Waals surface area contributed by atoms with E-state index < -0.39 is 0 Å². The monoisotopic (exact) mass is 297 g/mol.